The molecule has 6 N–H and O–H groups in total. The molecule has 0 aromatic heterocycles. The molecule has 0 saturated carbocycles. The molecule has 0 atom stereocenters. The van der Waals surface area contributed by atoms with E-state index in [-0.39, 0.29) is 15.9 Å². The summed E-state index contributed by atoms with van der Waals surface area (Å²) in [7, 11) is -2.42. The number of anilines is 3. The highest BCUT2D eigenvalue weighted by atomic mass is 31.1. The van der Waals surface area contributed by atoms with Crippen LogP contribution in [0.1, 0.15) is 0 Å². The Hall–Kier alpha value is -2.93. The van der Waals surface area contributed by atoms with E-state index in [1.807, 2.05) is 0 Å². The second-order valence-electron chi connectivity index (χ2n) is 5.80. The lowest BCUT2D eigenvalue weighted by Gasteiger charge is -2.24. The van der Waals surface area contributed by atoms with Crippen LogP contribution in [0.25, 0.3) is 0 Å². The van der Waals surface area contributed by atoms with E-state index in [0.717, 1.165) is 18.2 Å². The van der Waals surface area contributed by atoms with Gasteiger partial charge in [-0.05, 0) is 26.1 Å². The van der Waals surface area contributed by atoms with Crippen molar-refractivity contribution in [2.75, 3.05) is 17.2 Å². The highest BCUT2D eigenvalue weighted by molar-refractivity contribution is 7.80. The van der Waals surface area contributed by atoms with Gasteiger partial charge >= 0.3 is 0 Å². The molecule has 3 nitrogen and oxygen atoms in total. The van der Waals surface area contributed by atoms with Crippen molar-refractivity contribution in [3.05, 3.63) is 71.3 Å². The third kappa shape index (κ3) is 3.45. The summed E-state index contributed by atoms with van der Waals surface area (Å²) in [6, 6.07) is 3.89. The molecule has 0 aliphatic heterocycles. The number of nitrogen functional groups attached to an aromatic ring is 3. The quantitative estimate of drug-likeness (QED) is 0.350. The Labute approximate surface area is 156 Å². The van der Waals surface area contributed by atoms with Gasteiger partial charge in [-0.2, -0.15) is 0 Å². The largest absolute Gasteiger partial charge is 0.396 e. The fraction of sp³-hybridized carbons (Fsp3) is 0. The molecule has 0 bridgehead atoms. The van der Waals surface area contributed by atoms with E-state index in [4.69, 9.17) is 17.2 Å². The Kier molecular flexibility index (Phi) is 5.12. The molecule has 0 saturated heterocycles. The summed E-state index contributed by atoms with van der Waals surface area (Å²) in [5.41, 5.74) is 15.4. The van der Waals surface area contributed by atoms with Gasteiger partial charge in [-0.3, -0.25) is 0 Å². The van der Waals surface area contributed by atoms with E-state index in [1.165, 1.54) is 0 Å². The normalized spacial score (nSPS) is 11.2. The molecular formula is C18H12F6N3P. The Morgan fingerprint density at radius 3 is 0.964 bits per heavy atom. The van der Waals surface area contributed by atoms with Gasteiger partial charge in [0.15, 0.2) is 0 Å². The molecule has 0 heterocycles. The van der Waals surface area contributed by atoms with Crippen LogP contribution in [-0.2, 0) is 0 Å². The van der Waals surface area contributed by atoms with Crippen LogP contribution in [-0.4, -0.2) is 0 Å². The molecule has 0 fully saturated rings. The van der Waals surface area contributed by atoms with Gasteiger partial charge in [0.1, 0.15) is 34.9 Å². The SMILES string of the molecule is Nc1c(F)cc(F)cc1P(c1cc(F)cc(F)c1N)c1cc(F)cc(F)c1N. The molecule has 0 spiro atoms. The average Bonchev–Trinajstić information content (AvgIpc) is 2.60. The maximum absolute atomic E-state index is 14.0. The summed E-state index contributed by atoms with van der Waals surface area (Å²) in [6.07, 6.45) is 0. The Morgan fingerprint density at radius 2 is 0.714 bits per heavy atom. The van der Waals surface area contributed by atoms with Crippen molar-refractivity contribution in [3.63, 3.8) is 0 Å². The van der Waals surface area contributed by atoms with Gasteiger partial charge in [0, 0.05) is 34.1 Å². The lowest BCUT2D eigenvalue weighted by atomic mass is 10.3. The van der Waals surface area contributed by atoms with Crippen LogP contribution in [0.5, 0.6) is 0 Å². The van der Waals surface area contributed by atoms with Crippen LogP contribution in [0.2, 0.25) is 0 Å². The van der Waals surface area contributed by atoms with Gasteiger partial charge in [0.2, 0.25) is 0 Å². The van der Waals surface area contributed by atoms with Crippen molar-refractivity contribution in [3.8, 4) is 0 Å². The first-order valence-corrected chi connectivity index (χ1v) is 8.98. The molecule has 3 rings (SSSR count). The highest BCUT2D eigenvalue weighted by Crippen LogP contribution is 2.41. The van der Waals surface area contributed by atoms with Crippen LogP contribution in [0.15, 0.2) is 36.4 Å². The lowest BCUT2D eigenvalue weighted by molar-refractivity contribution is 0.588. The average molecular weight is 415 g/mol. The first-order chi connectivity index (χ1) is 13.1. The number of nitrogens with two attached hydrogens (primary N) is 3. The molecule has 146 valence electrons. The van der Waals surface area contributed by atoms with Crippen LogP contribution >= 0.6 is 7.92 Å². The summed E-state index contributed by atoms with van der Waals surface area (Å²) < 4.78 is 83.7. The van der Waals surface area contributed by atoms with E-state index < -0.39 is 59.9 Å². The lowest BCUT2D eigenvalue weighted by Crippen LogP contribution is -2.29. The van der Waals surface area contributed by atoms with E-state index in [9.17, 15) is 26.3 Å². The smallest absolute Gasteiger partial charge is 0.149 e. The van der Waals surface area contributed by atoms with Crippen LogP contribution in [0.3, 0.4) is 0 Å². The van der Waals surface area contributed by atoms with E-state index in [1.54, 1.807) is 0 Å². The van der Waals surface area contributed by atoms with Gasteiger partial charge in [-0.1, -0.05) is 0 Å². The Bertz CT molecular complexity index is 953. The predicted octanol–water partition coefficient (Wildman–Crippen LogP) is 3.03. The zero-order valence-electron chi connectivity index (χ0n) is 13.9. The van der Waals surface area contributed by atoms with Crippen molar-refractivity contribution in [1.29, 1.82) is 0 Å². The molecule has 28 heavy (non-hydrogen) atoms. The molecule has 0 aliphatic carbocycles. The first kappa shape index (κ1) is 19.8. The van der Waals surface area contributed by atoms with Crippen molar-refractivity contribution in [1.82, 2.24) is 0 Å². The third-order valence-electron chi connectivity index (χ3n) is 3.94. The number of rotatable bonds is 3. The van der Waals surface area contributed by atoms with E-state index in [0.29, 0.717) is 18.2 Å². The van der Waals surface area contributed by atoms with E-state index in [2.05, 4.69) is 0 Å². The molecular weight excluding hydrogens is 403 g/mol. The number of benzene rings is 3. The zero-order valence-corrected chi connectivity index (χ0v) is 14.8. The summed E-state index contributed by atoms with van der Waals surface area (Å²) in [5.74, 6) is -6.64. The maximum Gasteiger partial charge on any atom is 0.149 e. The second-order valence-corrected chi connectivity index (χ2v) is 7.91. The van der Waals surface area contributed by atoms with Gasteiger partial charge < -0.3 is 17.2 Å². The molecule has 0 amide bonds. The van der Waals surface area contributed by atoms with Crippen LogP contribution < -0.4 is 33.1 Å². The van der Waals surface area contributed by atoms with Crippen LogP contribution in [0.4, 0.5) is 43.4 Å². The molecule has 10 heteroatoms. The van der Waals surface area contributed by atoms with Crippen LogP contribution in [0, 0.1) is 34.9 Å². The number of hydrogen-bond donors (Lipinski definition) is 3. The number of halogens is 6. The van der Waals surface area contributed by atoms with Crippen molar-refractivity contribution in [2.24, 2.45) is 0 Å². The summed E-state index contributed by atoms with van der Waals surface area (Å²) >= 11 is 0. The summed E-state index contributed by atoms with van der Waals surface area (Å²) in [6.45, 7) is 0. The van der Waals surface area contributed by atoms with Gasteiger partial charge in [-0.15, -0.1) is 0 Å². The van der Waals surface area contributed by atoms with Gasteiger partial charge in [-0.25, -0.2) is 26.3 Å². The minimum atomic E-state index is -2.42. The fourth-order valence-corrected chi connectivity index (χ4v) is 5.24. The monoisotopic (exact) mass is 415 g/mol. The van der Waals surface area contributed by atoms with Crippen molar-refractivity contribution >= 4 is 40.9 Å². The third-order valence-corrected chi connectivity index (χ3v) is 6.50. The maximum atomic E-state index is 14.0. The molecule has 0 radical (unpaired) electrons. The molecule has 0 aliphatic rings. The molecule has 0 unspecified atom stereocenters. The Morgan fingerprint density at radius 1 is 0.464 bits per heavy atom. The minimum Gasteiger partial charge on any atom is -0.396 e. The zero-order chi connectivity index (χ0) is 20.7. The van der Waals surface area contributed by atoms with Gasteiger partial charge in [0.25, 0.3) is 0 Å². The van der Waals surface area contributed by atoms with Crippen molar-refractivity contribution in [2.45, 2.75) is 0 Å². The van der Waals surface area contributed by atoms with Gasteiger partial charge in [0.05, 0.1) is 17.1 Å². The topological polar surface area (TPSA) is 78.1 Å². The first-order valence-electron chi connectivity index (χ1n) is 7.63. The standard InChI is InChI=1S/C18H12F6N3P/c19-7-1-10(22)16(25)13(4-7)28(14-5-8(20)2-11(23)17(14)26)15-6-9(21)3-12(24)18(15)27/h1-6H,25-27H2. The van der Waals surface area contributed by atoms with Crippen molar-refractivity contribution < 1.29 is 26.3 Å². The van der Waals surface area contributed by atoms with E-state index >= 15 is 0 Å². The second kappa shape index (κ2) is 7.24. The fourth-order valence-electron chi connectivity index (χ4n) is 2.66. The number of hydrogen-bond acceptors (Lipinski definition) is 3. The molecule has 3 aromatic carbocycles. The predicted molar refractivity (Wildman–Crippen MR) is 98.1 cm³/mol. The summed E-state index contributed by atoms with van der Waals surface area (Å²) in [5, 5.41) is -0.872. The summed E-state index contributed by atoms with van der Waals surface area (Å²) in [4.78, 5) is 0. The Balaban J connectivity index is 2.44. The minimum absolute atomic E-state index is 0.291. The highest BCUT2D eigenvalue weighted by Gasteiger charge is 2.28. The molecule has 3 aromatic rings.